The van der Waals surface area contributed by atoms with Gasteiger partial charge in [0.15, 0.2) is 6.10 Å². The van der Waals surface area contributed by atoms with Crippen LogP contribution in [0.25, 0.3) is 0 Å². The zero-order valence-electron chi connectivity index (χ0n) is 8.19. The monoisotopic (exact) mass is 242 g/mol. The van der Waals surface area contributed by atoms with Crippen LogP contribution in [0.2, 0.25) is 5.02 Å². The Morgan fingerprint density at radius 2 is 2.25 bits per heavy atom. The van der Waals surface area contributed by atoms with Crippen molar-refractivity contribution in [2.24, 2.45) is 0 Å². The molecule has 0 unspecified atom stereocenters. The summed E-state index contributed by atoms with van der Waals surface area (Å²) >= 11 is 5.70. The van der Waals surface area contributed by atoms with Crippen molar-refractivity contribution in [2.75, 3.05) is 5.32 Å². The van der Waals surface area contributed by atoms with E-state index in [-0.39, 0.29) is 28.1 Å². The number of carbonyl (C=O) groups excluding carboxylic acids is 1. The minimum atomic E-state index is -0.757. The summed E-state index contributed by atoms with van der Waals surface area (Å²) in [7, 11) is 0. The fourth-order valence-corrected chi connectivity index (χ4v) is 1.61. The number of benzene rings is 1. The van der Waals surface area contributed by atoms with E-state index in [0.717, 1.165) is 0 Å². The molecule has 2 rings (SSSR count). The van der Waals surface area contributed by atoms with Gasteiger partial charge in [-0.05, 0) is 13.0 Å². The molecule has 0 fully saturated rings. The molecule has 6 nitrogen and oxygen atoms in total. The Morgan fingerprint density at radius 1 is 1.56 bits per heavy atom. The van der Waals surface area contributed by atoms with E-state index in [0.29, 0.717) is 0 Å². The van der Waals surface area contributed by atoms with E-state index in [2.05, 4.69) is 5.32 Å². The zero-order chi connectivity index (χ0) is 11.9. The summed E-state index contributed by atoms with van der Waals surface area (Å²) in [5, 5.41) is 13.4. The number of carbonyl (C=O) groups is 1. The number of nitro benzene ring substituents is 1. The predicted octanol–water partition coefficient (Wildman–Crippen LogP) is 1.97. The van der Waals surface area contributed by atoms with Gasteiger partial charge in [-0.25, -0.2) is 0 Å². The van der Waals surface area contributed by atoms with Crippen LogP contribution in [0.1, 0.15) is 6.92 Å². The standard InChI is InChI=1S/C9H7ClN2O4/c1-4-9(13)11-6-2-5(10)3-7(12(14)15)8(6)16-4/h2-4H,1H3,(H,11,13)/t4-/m1/s1. The van der Waals surface area contributed by atoms with E-state index in [4.69, 9.17) is 16.3 Å². The van der Waals surface area contributed by atoms with E-state index in [1.54, 1.807) is 0 Å². The first kappa shape index (κ1) is 10.7. The molecule has 0 saturated heterocycles. The third kappa shape index (κ3) is 1.67. The van der Waals surface area contributed by atoms with Crippen LogP contribution in [-0.4, -0.2) is 16.9 Å². The van der Waals surface area contributed by atoms with Crippen LogP contribution in [0, 0.1) is 10.1 Å². The number of nitrogens with zero attached hydrogens (tertiary/aromatic N) is 1. The lowest BCUT2D eigenvalue weighted by atomic mass is 10.2. The highest BCUT2D eigenvalue weighted by molar-refractivity contribution is 6.31. The van der Waals surface area contributed by atoms with E-state index < -0.39 is 11.0 Å². The van der Waals surface area contributed by atoms with Crippen LogP contribution in [0.15, 0.2) is 12.1 Å². The van der Waals surface area contributed by atoms with Crippen LogP contribution in [0.3, 0.4) is 0 Å². The van der Waals surface area contributed by atoms with E-state index in [9.17, 15) is 14.9 Å². The number of amides is 1. The van der Waals surface area contributed by atoms with E-state index >= 15 is 0 Å². The molecule has 1 aromatic rings. The largest absolute Gasteiger partial charge is 0.472 e. The van der Waals surface area contributed by atoms with Gasteiger partial charge in [-0.2, -0.15) is 0 Å². The Bertz CT molecular complexity index is 489. The highest BCUT2D eigenvalue weighted by Gasteiger charge is 2.30. The molecular weight excluding hydrogens is 236 g/mol. The lowest BCUT2D eigenvalue weighted by Gasteiger charge is -2.22. The zero-order valence-corrected chi connectivity index (χ0v) is 8.95. The second-order valence-corrected chi connectivity index (χ2v) is 3.74. The van der Waals surface area contributed by atoms with Crippen LogP contribution in [-0.2, 0) is 4.79 Å². The highest BCUT2D eigenvalue weighted by Crippen LogP contribution is 2.40. The molecule has 7 heteroatoms. The van der Waals surface area contributed by atoms with Gasteiger partial charge in [-0.3, -0.25) is 14.9 Å². The van der Waals surface area contributed by atoms with Crippen LogP contribution >= 0.6 is 11.6 Å². The molecule has 16 heavy (non-hydrogen) atoms. The summed E-state index contributed by atoms with van der Waals surface area (Å²) in [6.45, 7) is 1.51. The van der Waals surface area contributed by atoms with Crippen LogP contribution in [0.5, 0.6) is 5.75 Å². The number of fused-ring (bicyclic) bond motifs is 1. The number of hydrogen-bond donors (Lipinski definition) is 1. The first-order chi connectivity index (χ1) is 7.49. The van der Waals surface area contributed by atoms with Crippen molar-refractivity contribution < 1.29 is 14.5 Å². The highest BCUT2D eigenvalue weighted by atomic mass is 35.5. The Labute approximate surface area is 95.3 Å². The maximum Gasteiger partial charge on any atom is 0.314 e. The summed E-state index contributed by atoms with van der Waals surface area (Å²) in [6.07, 6.45) is -0.757. The molecule has 1 amide bonds. The Balaban J connectivity index is 2.59. The number of nitrogens with one attached hydrogen (secondary N) is 1. The first-order valence-corrected chi connectivity index (χ1v) is 4.82. The summed E-state index contributed by atoms with van der Waals surface area (Å²) < 4.78 is 5.18. The van der Waals surface area contributed by atoms with Gasteiger partial charge in [0.1, 0.15) is 0 Å². The molecule has 84 valence electrons. The van der Waals surface area contributed by atoms with Crippen molar-refractivity contribution in [3.05, 3.63) is 27.3 Å². The van der Waals surface area contributed by atoms with Crippen molar-refractivity contribution >= 4 is 28.9 Å². The third-order valence-corrected chi connectivity index (χ3v) is 2.37. The molecule has 0 aromatic heterocycles. The molecule has 0 saturated carbocycles. The van der Waals surface area contributed by atoms with Gasteiger partial charge in [-0.15, -0.1) is 0 Å². The summed E-state index contributed by atoms with van der Waals surface area (Å²) in [5.74, 6) is -0.314. The quantitative estimate of drug-likeness (QED) is 0.603. The van der Waals surface area contributed by atoms with Crippen LogP contribution < -0.4 is 10.1 Å². The van der Waals surface area contributed by atoms with Gasteiger partial charge >= 0.3 is 5.69 Å². The number of nitro groups is 1. The van der Waals surface area contributed by atoms with Crippen molar-refractivity contribution in [1.82, 2.24) is 0 Å². The first-order valence-electron chi connectivity index (χ1n) is 4.44. The summed E-state index contributed by atoms with van der Waals surface area (Å²) in [4.78, 5) is 21.5. The molecule has 1 aliphatic rings. The van der Waals surface area contributed by atoms with Crippen molar-refractivity contribution in [3.63, 3.8) is 0 Å². The van der Waals surface area contributed by atoms with Gasteiger partial charge < -0.3 is 10.1 Å². The Morgan fingerprint density at radius 3 is 2.88 bits per heavy atom. The van der Waals surface area contributed by atoms with Crippen molar-refractivity contribution in [3.8, 4) is 5.75 Å². The van der Waals surface area contributed by atoms with Gasteiger partial charge in [-0.1, -0.05) is 11.6 Å². The third-order valence-electron chi connectivity index (χ3n) is 2.15. The van der Waals surface area contributed by atoms with Crippen molar-refractivity contribution in [2.45, 2.75) is 13.0 Å². The van der Waals surface area contributed by atoms with Gasteiger partial charge in [0.05, 0.1) is 10.6 Å². The number of hydrogen-bond acceptors (Lipinski definition) is 4. The molecule has 1 aliphatic heterocycles. The number of halogens is 1. The second kappa shape index (κ2) is 3.64. The summed E-state index contributed by atoms with van der Waals surface area (Å²) in [5.41, 5.74) is -0.0309. The number of rotatable bonds is 1. The molecule has 1 N–H and O–H groups in total. The van der Waals surface area contributed by atoms with Crippen LogP contribution in [0.4, 0.5) is 11.4 Å². The maximum absolute atomic E-state index is 11.3. The molecule has 0 aliphatic carbocycles. The number of ether oxygens (including phenoxy) is 1. The fraction of sp³-hybridized carbons (Fsp3) is 0.222. The molecule has 0 radical (unpaired) electrons. The molecular formula is C9H7ClN2O4. The average Bonchev–Trinajstić information content (AvgIpc) is 2.19. The van der Waals surface area contributed by atoms with Gasteiger partial charge in [0.2, 0.25) is 5.75 Å². The van der Waals surface area contributed by atoms with Crippen molar-refractivity contribution in [1.29, 1.82) is 0 Å². The normalized spacial score (nSPS) is 18.4. The Hall–Kier alpha value is -1.82. The Kier molecular flexibility index (Phi) is 2.43. The smallest absolute Gasteiger partial charge is 0.314 e. The SMILES string of the molecule is C[C@H]1Oc2c(cc(Cl)cc2[N+](=O)[O-])NC1=O. The molecule has 1 heterocycles. The molecule has 1 atom stereocenters. The summed E-state index contributed by atoms with van der Waals surface area (Å²) in [6, 6.07) is 2.60. The van der Waals surface area contributed by atoms with E-state index in [1.807, 2.05) is 0 Å². The lowest BCUT2D eigenvalue weighted by Crippen LogP contribution is -2.34. The molecule has 1 aromatic carbocycles. The number of anilines is 1. The average molecular weight is 243 g/mol. The van der Waals surface area contributed by atoms with Gasteiger partial charge in [0.25, 0.3) is 5.91 Å². The predicted molar refractivity (Wildman–Crippen MR) is 56.8 cm³/mol. The topological polar surface area (TPSA) is 81.5 Å². The lowest BCUT2D eigenvalue weighted by molar-refractivity contribution is -0.385. The molecule has 0 bridgehead atoms. The minimum Gasteiger partial charge on any atom is -0.472 e. The van der Waals surface area contributed by atoms with Gasteiger partial charge in [0, 0.05) is 11.1 Å². The van der Waals surface area contributed by atoms with E-state index in [1.165, 1.54) is 19.1 Å². The second-order valence-electron chi connectivity index (χ2n) is 3.31. The maximum atomic E-state index is 11.3. The molecule has 0 spiro atoms. The minimum absolute atomic E-state index is 0.0431. The fourth-order valence-electron chi connectivity index (χ4n) is 1.40.